The molecule has 2 atom stereocenters. The zero-order valence-corrected chi connectivity index (χ0v) is 20.6. The molecule has 2 aromatic rings. The van der Waals surface area contributed by atoms with E-state index in [1.807, 2.05) is 0 Å². The number of aryl methyl sites for hydroxylation is 1. The lowest BCUT2D eigenvalue weighted by molar-refractivity contribution is -0.117. The Hall–Kier alpha value is -1.60. The molecule has 4 nitrogen and oxygen atoms in total. The maximum atomic E-state index is 13.9. The maximum Gasteiger partial charge on any atom is 0.253 e. The third-order valence-electron chi connectivity index (χ3n) is 6.09. The molecule has 33 heavy (non-hydrogen) atoms. The second-order valence-corrected chi connectivity index (χ2v) is 11.2. The van der Waals surface area contributed by atoms with Crippen molar-refractivity contribution < 1.29 is 18.4 Å². The van der Waals surface area contributed by atoms with E-state index in [0.717, 1.165) is 0 Å². The van der Waals surface area contributed by atoms with E-state index in [-0.39, 0.29) is 34.5 Å². The molecule has 4 rings (SSSR count). The summed E-state index contributed by atoms with van der Waals surface area (Å²) in [4.78, 5) is 25.5. The van der Waals surface area contributed by atoms with E-state index in [9.17, 15) is 18.4 Å². The summed E-state index contributed by atoms with van der Waals surface area (Å²) in [7, 11) is 0. The van der Waals surface area contributed by atoms with Crippen molar-refractivity contribution in [3.8, 4) is 0 Å². The van der Waals surface area contributed by atoms with E-state index in [1.54, 1.807) is 19.1 Å². The van der Waals surface area contributed by atoms with Crippen molar-refractivity contribution in [1.29, 1.82) is 0 Å². The third-order valence-corrected chi connectivity index (χ3v) is 7.63. The van der Waals surface area contributed by atoms with Crippen molar-refractivity contribution in [3.63, 3.8) is 0 Å². The summed E-state index contributed by atoms with van der Waals surface area (Å²) >= 11 is 24.8. The molecule has 0 aliphatic heterocycles. The van der Waals surface area contributed by atoms with Gasteiger partial charge in [0.15, 0.2) is 0 Å². The first-order chi connectivity index (χ1) is 15.3. The summed E-state index contributed by atoms with van der Waals surface area (Å²) in [6.07, 6.45) is 0.465. The molecule has 0 radical (unpaired) electrons. The van der Waals surface area contributed by atoms with Gasteiger partial charge in [-0.1, -0.05) is 29.3 Å². The number of hydrogen-bond acceptors (Lipinski definition) is 2. The molecule has 0 spiro atoms. The monoisotopic (exact) mass is 534 g/mol. The van der Waals surface area contributed by atoms with Crippen LogP contribution < -0.4 is 10.6 Å². The average Bonchev–Trinajstić information content (AvgIpc) is 3.27. The molecule has 2 aliphatic carbocycles. The maximum absolute atomic E-state index is 13.9. The number of halogens is 6. The van der Waals surface area contributed by atoms with Crippen LogP contribution in [0.1, 0.15) is 47.2 Å². The summed E-state index contributed by atoms with van der Waals surface area (Å²) in [5, 5.41) is 5.56. The van der Waals surface area contributed by atoms with Crippen molar-refractivity contribution in [2.75, 3.05) is 5.32 Å². The summed E-state index contributed by atoms with van der Waals surface area (Å²) in [5.74, 6) is -2.86. The molecule has 2 fully saturated rings. The van der Waals surface area contributed by atoms with Crippen LogP contribution in [-0.4, -0.2) is 27.9 Å². The third kappa shape index (κ3) is 4.81. The summed E-state index contributed by atoms with van der Waals surface area (Å²) in [5.41, 5.74) is 0.0716. The molecule has 0 heterocycles. The van der Waals surface area contributed by atoms with Crippen LogP contribution in [0.5, 0.6) is 0 Å². The topological polar surface area (TPSA) is 58.2 Å². The normalized spacial score (nSPS) is 27.5. The molecule has 0 saturated heterocycles. The Labute approximate surface area is 209 Å². The highest BCUT2D eigenvalue weighted by Crippen LogP contribution is 2.65. The molecular formula is C23H20Cl4F2N2O2. The van der Waals surface area contributed by atoms with E-state index < -0.39 is 39.5 Å². The highest BCUT2D eigenvalue weighted by molar-refractivity contribution is 6.53. The van der Waals surface area contributed by atoms with E-state index in [4.69, 9.17) is 46.4 Å². The Balaban J connectivity index is 1.47. The van der Waals surface area contributed by atoms with Crippen LogP contribution in [0.4, 0.5) is 14.5 Å². The van der Waals surface area contributed by atoms with Gasteiger partial charge in [0.1, 0.15) is 15.8 Å². The molecule has 0 aromatic heterocycles. The van der Waals surface area contributed by atoms with Gasteiger partial charge < -0.3 is 10.6 Å². The number of rotatable bonds is 5. The number of carbonyl (C=O) groups is 2. The van der Waals surface area contributed by atoms with Crippen molar-refractivity contribution in [2.45, 2.75) is 48.7 Å². The molecule has 2 amide bonds. The molecule has 10 heteroatoms. The highest BCUT2D eigenvalue weighted by Gasteiger charge is 2.67. The van der Waals surface area contributed by atoms with Gasteiger partial charge in [0, 0.05) is 30.5 Å². The number of alkyl halides is 3. The Morgan fingerprint density at radius 2 is 1.76 bits per heavy atom. The molecule has 0 bridgehead atoms. The number of nitrogens with one attached hydrogen (secondary N) is 2. The van der Waals surface area contributed by atoms with Crippen LogP contribution in [-0.2, 0) is 4.79 Å². The molecule has 2 aliphatic rings. The van der Waals surface area contributed by atoms with E-state index >= 15 is 0 Å². The Morgan fingerprint density at radius 3 is 2.36 bits per heavy atom. The largest absolute Gasteiger partial charge is 0.349 e. The fraction of sp³-hybridized carbons (Fsp3) is 0.391. The van der Waals surface area contributed by atoms with Gasteiger partial charge in [0.05, 0.1) is 21.5 Å². The van der Waals surface area contributed by atoms with Crippen LogP contribution in [0.3, 0.4) is 0 Å². The minimum Gasteiger partial charge on any atom is -0.349 e. The van der Waals surface area contributed by atoms with E-state index in [2.05, 4.69) is 10.6 Å². The van der Waals surface area contributed by atoms with Gasteiger partial charge in [0.2, 0.25) is 5.91 Å². The first kappa shape index (κ1) is 24.5. The van der Waals surface area contributed by atoms with Crippen molar-refractivity contribution in [2.24, 2.45) is 5.92 Å². The first-order valence-corrected chi connectivity index (χ1v) is 11.7. The average molecular weight is 536 g/mol. The lowest BCUT2D eigenvalue weighted by atomic mass is 9.79. The van der Waals surface area contributed by atoms with Crippen LogP contribution in [0.25, 0.3) is 0 Å². The smallest absolute Gasteiger partial charge is 0.253 e. The Morgan fingerprint density at radius 1 is 1.09 bits per heavy atom. The van der Waals surface area contributed by atoms with Crippen molar-refractivity contribution in [3.05, 3.63) is 62.9 Å². The van der Waals surface area contributed by atoms with Crippen LogP contribution in [0, 0.1) is 18.7 Å². The van der Waals surface area contributed by atoms with Gasteiger partial charge in [-0.05, 0) is 49.2 Å². The van der Waals surface area contributed by atoms with Gasteiger partial charge in [0.25, 0.3) is 5.91 Å². The second-order valence-electron chi connectivity index (χ2n) is 8.94. The van der Waals surface area contributed by atoms with Crippen LogP contribution >= 0.6 is 46.4 Å². The highest BCUT2D eigenvalue weighted by atomic mass is 35.5. The van der Waals surface area contributed by atoms with Gasteiger partial charge in [-0.25, -0.2) is 8.78 Å². The quantitative estimate of drug-likeness (QED) is 0.424. The minimum atomic E-state index is -1.40. The Kier molecular flexibility index (Phi) is 6.36. The molecule has 2 unspecified atom stereocenters. The SMILES string of the molecule is Cc1cc(C2C(C(=O)Nc3ccc(Cl)c(C(=O)NC4CC(C)(F)C4)c3)C2(Cl)Cl)cc(Cl)c1F. The van der Waals surface area contributed by atoms with Crippen molar-refractivity contribution in [1.82, 2.24) is 5.32 Å². The van der Waals surface area contributed by atoms with Gasteiger partial charge in [-0.3, -0.25) is 9.59 Å². The molecule has 2 saturated carbocycles. The zero-order valence-electron chi connectivity index (χ0n) is 17.6. The van der Waals surface area contributed by atoms with E-state index in [0.29, 0.717) is 16.8 Å². The predicted molar refractivity (Wildman–Crippen MR) is 127 cm³/mol. The number of anilines is 1. The molecule has 2 N–H and O–H groups in total. The zero-order chi connectivity index (χ0) is 24.3. The molecular weight excluding hydrogens is 516 g/mol. The summed E-state index contributed by atoms with van der Waals surface area (Å²) < 4.78 is 26.2. The standard InChI is InChI=1S/C23H20Cl4F2N2O2/c1-10-5-11(6-16(25)19(10)28)17-18(23(17,26)27)21(33)30-12-3-4-15(24)14(7-12)20(32)31-13-8-22(2,29)9-13/h3-7,13,17-18H,8-9H2,1-2H3,(H,30,33)(H,31,32). The summed E-state index contributed by atoms with van der Waals surface area (Å²) in [6.45, 7) is 3.04. The van der Waals surface area contributed by atoms with Crippen LogP contribution in [0.2, 0.25) is 10.0 Å². The fourth-order valence-electron chi connectivity index (χ4n) is 4.33. The molecule has 2 aromatic carbocycles. The molecule has 176 valence electrons. The minimum absolute atomic E-state index is 0.0758. The van der Waals surface area contributed by atoms with Gasteiger partial charge >= 0.3 is 0 Å². The van der Waals surface area contributed by atoms with Crippen molar-refractivity contribution >= 4 is 63.9 Å². The van der Waals surface area contributed by atoms with Crippen LogP contribution in [0.15, 0.2) is 30.3 Å². The lowest BCUT2D eigenvalue weighted by Gasteiger charge is -2.39. The number of amides is 2. The first-order valence-electron chi connectivity index (χ1n) is 10.2. The summed E-state index contributed by atoms with van der Waals surface area (Å²) in [6, 6.07) is 7.16. The van der Waals surface area contributed by atoms with Gasteiger partial charge in [-0.2, -0.15) is 0 Å². The second kappa shape index (κ2) is 8.56. The number of carbonyl (C=O) groups excluding carboxylic acids is 2. The number of benzene rings is 2. The van der Waals surface area contributed by atoms with E-state index in [1.165, 1.54) is 25.1 Å². The lowest BCUT2D eigenvalue weighted by Crippen LogP contribution is -2.51. The number of hydrogen-bond donors (Lipinski definition) is 2. The predicted octanol–water partition coefficient (Wildman–Crippen LogP) is 6.59. The Bertz CT molecular complexity index is 1120. The van der Waals surface area contributed by atoms with Gasteiger partial charge in [-0.15, -0.1) is 23.2 Å². The fourth-order valence-corrected chi connectivity index (χ4v) is 5.64.